The van der Waals surface area contributed by atoms with Gasteiger partial charge in [0, 0.05) is 20.1 Å². The zero-order valence-corrected chi connectivity index (χ0v) is 11.3. The van der Waals surface area contributed by atoms with Crippen LogP contribution >= 0.6 is 0 Å². The van der Waals surface area contributed by atoms with Gasteiger partial charge in [-0.1, -0.05) is 6.07 Å². The highest BCUT2D eigenvalue weighted by molar-refractivity contribution is 5.84. The zero-order chi connectivity index (χ0) is 14.0. The predicted molar refractivity (Wildman–Crippen MR) is 73.9 cm³/mol. The first-order valence-corrected chi connectivity index (χ1v) is 6.03. The number of likely N-dealkylation sites (N-methyl/N-ethyl adjacent to an activating group) is 1. The summed E-state index contributed by atoms with van der Waals surface area (Å²) in [4.78, 5) is 24.6. The van der Waals surface area contributed by atoms with E-state index in [4.69, 9.17) is 4.74 Å². The number of fused-ring (bicyclic) bond motifs is 1. The van der Waals surface area contributed by atoms with Crippen LogP contribution in [-0.4, -0.2) is 29.8 Å². The molecule has 0 atom stereocenters. The Morgan fingerprint density at radius 1 is 1.32 bits per heavy atom. The Morgan fingerprint density at radius 2 is 2.05 bits per heavy atom. The van der Waals surface area contributed by atoms with Crippen LogP contribution in [0.1, 0.15) is 0 Å². The topological polar surface area (TPSA) is 65.3 Å². The second kappa shape index (κ2) is 5.27. The number of ether oxygens (including phenoxy) is 1. The Morgan fingerprint density at radius 3 is 2.68 bits per heavy atom. The highest BCUT2D eigenvalue weighted by Crippen LogP contribution is 2.20. The second-order valence-corrected chi connectivity index (χ2v) is 4.26. The molecule has 6 nitrogen and oxygen atoms in total. The van der Waals surface area contributed by atoms with Crippen LogP contribution in [-0.2, 0) is 13.6 Å². The highest BCUT2D eigenvalue weighted by Gasteiger charge is 2.13. The van der Waals surface area contributed by atoms with E-state index in [0.29, 0.717) is 29.7 Å². The molecular weight excluding hydrogens is 246 g/mol. The van der Waals surface area contributed by atoms with E-state index < -0.39 is 0 Å². The maximum atomic E-state index is 12.4. The normalized spacial score (nSPS) is 10.9. The lowest BCUT2D eigenvalue weighted by Crippen LogP contribution is -2.41. The van der Waals surface area contributed by atoms with Crippen molar-refractivity contribution in [1.82, 2.24) is 14.5 Å². The number of benzene rings is 1. The molecule has 1 N–H and O–H groups in total. The van der Waals surface area contributed by atoms with Crippen molar-refractivity contribution in [3.05, 3.63) is 39.0 Å². The van der Waals surface area contributed by atoms with Crippen molar-refractivity contribution in [2.75, 3.05) is 20.7 Å². The minimum absolute atomic E-state index is 0.314. The molecule has 0 bridgehead atoms. The minimum Gasteiger partial charge on any atom is -0.496 e. The molecule has 0 aliphatic carbocycles. The number of nitrogens with one attached hydrogen (secondary N) is 1. The van der Waals surface area contributed by atoms with E-state index in [0.717, 1.165) is 0 Å². The SMILES string of the molecule is CNCCn1c(=O)c2c(OC)cccc2n(C)c1=O. The van der Waals surface area contributed by atoms with Gasteiger partial charge < -0.3 is 10.1 Å². The van der Waals surface area contributed by atoms with Crippen molar-refractivity contribution in [1.29, 1.82) is 0 Å². The second-order valence-electron chi connectivity index (χ2n) is 4.26. The molecule has 1 aromatic carbocycles. The van der Waals surface area contributed by atoms with E-state index in [9.17, 15) is 9.59 Å². The molecule has 0 unspecified atom stereocenters. The Kier molecular flexibility index (Phi) is 3.71. The lowest BCUT2D eigenvalue weighted by molar-refractivity contribution is 0.418. The van der Waals surface area contributed by atoms with Crippen LogP contribution in [0, 0.1) is 0 Å². The van der Waals surface area contributed by atoms with E-state index in [1.54, 1.807) is 32.3 Å². The molecule has 2 rings (SSSR count). The number of hydrogen-bond donors (Lipinski definition) is 1. The summed E-state index contributed by atoms with van der Waals surface area (Å²) in [6.45, 7) is 0.881. The fourth-order valence-electron chi connectivity index (χ4n) is 2.11. The van der Waals surface area contributed by atoms with E-state index in [1.165, 1.54) is 16.2 Å². The Balaban J connectivity index is 2.86. The summed E-state index contributed by atoms with van der Waals surface area (Å²) in [6.07, 6.45) is 0. The number of hydrogen-bond acceptors (Lipinski definition) is 4. The molecule has 102 valence electrons. The largest absolute Gasteiger partial charge is 0.496 e. The molecule has 2 aromatic rings. The minimum atomic E-state index is -0.319. The van der Waals surface area contributed by atoms with Gasteiger partial charge in [-0.3, -0.25) is 13.9 Å². The molecule has 0 saturated heterocycles. The van der Waals surface area contributed by atoms with Gasteiger partial charge in [-0.25, -0.2) is 4.79 Å². The van der Waals surface area contributed by atoms with Crippen LogP contribution in [0.2, 0.25) is 0 Å². The van der Waals surface area contributed by atoms with Gasteiger partial charge in [-0.15, -0.1) is 0 Å². The first kappa shape index (κ1) is 13.4. The summed E-state index contributed by atoms with van der Waals surface area (Å²) in [7, 11) is 4.94. The molecule has 0 amide bonds. The summed E-state index contributed by atoms with van der Waals surface area (Å²) in [5.41, 5.74) is -0.0538. The third kappa shape index (κ3) is 2.15. The molecule has 6 heteroatoms. The van der Waals surface area contributed by atoms with Crippen molar-refractivity contribution >= 4 is 10.9 Å². The maximum absolute atomic E-state index is 12.4. The molecule has 19 heavy (non-hydrogen) atoms. The van der Waals surface area contributed by atoms with Gasteiger partial charge in [0.05, 0.1) is 12.6 Å². The molecule has 0 fully saturated rings. The fourth-order valence-corrected chi connectivity index (χ4v) is 2.11. The lowest BCUT2D eigenvalue weighted by atomic mass is 10.2. The van der Waals surface area contributed by atoms with Crippen LogP contribution in [0.3, 0.4) is 0 Å². The van der Waals surface area contributed by atoms with Crippen LogP contribution in [0.15, 0.2) is 27.8 Å². The van der Waals surface area contributed by atoms with E-state index >= 15 is 0 Å². The summed E-state index contributed by atoms with van der Waals surface area (Å²) < 4.78 is 7.91. The van der Waals surface area contributed by atoms with Crippen LogP contribution in [0.4, 0.5) is 0 Å². The molecule has 0 saturated carbocycles. The monoisotopic (exact) mass is 263 g/mol. The lowest BCUT2D eigenvalue weighted by Gasteiger charge is -2.12. The van der Waals surface area contributed by atoms with Crippen LogP contribution in [0.5, 0.6) is 5.75 Å². The first-order valence-electron chi connectivity index (χ1n) is 6.03. The molecule has 0 aliphatic rings. The summed E-state index contributed by atoms with van der Waals surface area (Å²) in [6, 6.07) is 5.22. The smallest absolute Gasteiger partial charge is 0.331 e. The Bertz CT molecular complexity index is 715. The standard InChI is InChI=1S/C13H17N3O3/c1-14-7-8-16-12(17)11-9(15(2)13(16)18)5-4-6-10(11)19-3/h4-6,14H,7-8H2,1-3H3. The number of nitrogens with zero attached hydrogens (tertiary/aromatic N) is 2. The Hall–Kier alpha value is -2.08. The number of rotatable bonds is 4. The van der Waals surface area contributed by atoms with E-state index in [-0.39, 0.29) is 11.2 Å². The Labute approximate surface area is 110 Å². The zero-order valence-electron chi connectivity index (χ0n) is 11.3. The van der Waals surface area contributed by atoms with Gasteiger partial charge in [0.15, 0.2) is 0 Å². The average Bonchev–Trinajstić information content (AvgIpc) is 2.44. The molecule has 1 aromatic heterocycles. The van der Waals surface area contributed by atoms with Crippen molar-refractivity contribution in [3.8, 4) is 5.75 Å². The first-order chi connectivity index (χ1) is 9.11. The predicted octanol–water partition coefficient (Wildman–Crippen LogP) is -0.0718. The van der Waals surface area contributed by atoms with Crippen molar-refractivity contribution < 1.29 is 4.74 Å². The summed E-state index contributed by atoms with van der Waals surface area (Å²) in [5, 5.41) is 3.36. The van der Waals surface area contributed by atoms with Gasteiger partial charge in [-0.2, -0.15) is 0 Å². The summed E-state index contributed by atoms with van der Waals surface area (Å²) in [5.74, 6) is 0.483. The third-order valence-electron chi connectivity index (χ3n) is 3.15. The van der Waals surface area contributed by atoms with Gasteiger partial charge >= 0.3 is 5.69 Å². The van der Waals surface area contributed by atoms with Gasteiger partial charge in [0.25, 0.3) is 5.56 Å². The molecule has 0 aliphatic heterocycles. The number of methoxy groups -OCH3 is 1. The summed E-state index contributed by atoms with van der Waals surface area (Å²) >= 11 is 0. The van der Waals surface area contributed by atoms with Gasteiger partial charge in [-0.05, 0) is 19.2 Å². The van der Waals surface area contributed by atoms with Crippen molar-refractivity contribution in [2.45, 2.75) is 6.54 Å². The molecule has 0 radical (unpaired) electrons. The van der Waals surface area contributed by atoms with E-state index in [2.05, 4.69) is 5.32 Å². The number of aryl methyl sites for hydroxylation is 1. The van der Waals surface area contributed by atoms with Crippen molar-refractivity contribution in [2.24, 2.45) is 7.05 Å². The van der Waals surface area contributed by atoms with Crippen molar-refractivity contribution in [3.63, 3.8) is 0 Å². The highest BCUT2D eigenvalue weighted by atomic mass is 16.5. The van der Waals surface area contributed by atoms with Gasteiger partial charge in [0.2, 0.25) is 0 Å². The fraction of sp³-hybridized carbons (Fsp3) is 0.385. The average molecular weight is 263 g/mol. The molecule has 1 heterocycles. The number of aromatic nitrogens is 2. The molecular formula is C13H17N3O3. The maximum Gasteiger partial charge on any atom is 0.331 e. The quantitative estimate of drug-likeness (QED) is 0.838. The van der Waals surface area contributed by atoms with Crippen LogP contribution in [0.25, 0.3) is 10.9 Å². The third-order valence-corrected chi connectivity index (χ3v) is 3.15. The molecule has 0 spiro atoms. The van der Waals surface area contributed by atoms with Crippen LogP contribution < -0.4 is 21.3 Å². The van der Waals surface area contributed by atoms with E-state index in [1.807, 2.05) is 0 Å². The van der Waals surface area contributed by atoms with Gasteiger partial charge in [0.1, 0.15) is 11.1 Å².